The second kappa shape index (κ2) is 10.2. The molecule has 0 radical (unpaired) electrons. The van der Waals surface area contributed by atoms with Gasteiger partial charge in [0.05, 0.1) is 25.6 Å². The van der Waals surface area contributed by atoms with Gasteiger partial charge < -0.3 is 14.8 Å². The second-order valence-corrected chi connectivity index (χ2v) is 7.48. The molecule has 1 heterocycles. The summed E-state index contributed by atoms with van der Waals surface area (Å²) in [4.78, 5) is 13.1. The molecule has 0 spiro atoms. The summed E-state index contributed by atoms with van der Waals surface area (Å²) in [5, 5.41) is 7.31. The lowest BCUT2D eigenvalue weighted by Crippen LogP contribution is -2.27. The van der Waals surface area contributed by atoms with Crippen LogP contribution in [0.15, 0.2) is 72.8 Å². The molecule has 0 saturated heterocycles. The third-order valence-corrected chi connectivity index (χ3v) is 5.31. The van der Waals surface area contributed by atoms with Gasteiger partial charge in [0.2, 0.25) is 0 Å². The largest absolute Gasteiger partial charge is 0.493 e. The van der Waals surface area contributed by atoms with E-state index in [1.807, 2.05) is 12.1 Å². The van der Waals surface area contributed by atoms with Gasteiger partial charge in [0.15, 0.2) is 11.5 Å². The fourth-order valence-corrected chi connectivity index (χ4v) is 3.57. The molecule has 4 rings (SSSR count). The Bertz CT molecular complexity index is 1300. The first-order valence-corrected chi connectivity index (χ1v) is 10.6. The van der Waals surface area contributed by atoms with Gasteiger partial charge in [0.25, 0.3) is 5.91 Å². The Balaban J connectivity index is 1.57. The van der Waals surface area contributed by atoms with Crippen LogP contribution in [0, 0.1) is 11.6 Å². The molecule has 1 aromatic heterocycles. The Morgan fingerprint density at radius 1 is 0.941 bits per heavy atom. The number of ether oxygens (including phenoxy) is 2. The van der Waals surface area contributed by atoms with E-state index in [1.165, 1.54) is 41.1 Å². The highest BCUT2D eigenvalue weighted by Crippen LogP contribution is 2.28. The number of benzene rings is 3. The van der Waals surface area contributed by atoms with Gasteiger partial charge >= 0.3 is 0 Å². The van der Waals surface area contributed by atoms with Crippen LogP contribution in [0.25, 0.3) is 16.9 Å². The van der Waals surface area contributed by atoms with Crippen molar-refractivity contribution in [2.45, 2.75) is 6.42 Å². The molecule has 0 aliphatic carbocycles. The molecule has 3 aromatic carbocycles. The van der Waals surface area contributed by atoms with Gasteiger partial charge in [-0.1, -0.05) is 18.2 Å². The molecular formula is C26H23F2N3O3. The maximum absolute atomic E-state index is 14.4. The van der Waals surface area contributed by atoms with Crippen molar-refractivity contribution in [3.63, 3.8) is 0 Å². The van der Waals surface area contributed by atoms with E-state index in [4.69, 9.17) is 9.47 Å². The molecule has 0 fully saturated rings. The first kappa shape index (κ1) is 23.0. The van der Waals surface area contributed by atoms with Crippen LogP contribution in [-0.4, -0.2) is 36.5 Å². The average molecular weight is 463 g/mol. The lowest BCUT2D eigenvalue weighted by atomic mass is 10.1. The zero-order valence-corrected chi connectivity index (χ0v) is 18.7. The quantitative estimate of drug-likeness (QED) is 0.407. The van der Waals surface area contributed by atoms with Crippen LogP contribution < -0.4 is 14.8 Å². The zero-order valence-electron chi connectivity index (χ0n) is 18.7. The fourth-order valence-electron chi connectivity index (χ4n) is 3.57. The van der Waals surface area contributed by atoms with Crippen molar-refractivity contribution in [3.8, 4) is 28.4 Å². The zero-order chi connectivity index (χ0) is 24.1. The fraction of sp³-hybridized carbons (Fsp3) is 0.154. The molecule has 8 heteroatoms. The number of rotatable bonds is 8. The number of carbonyl (C=O) groups is 1. The number of nitrogens with zero attached hydrogens (tertiary/aromatic N) is 2. The molecule has 0 aliphatic heterocycles. The van der Waals surface area contributed by atoms with E-state index in [0.717, 1.165) is 5.56 Å². The molecule has 0 saturated carbocycles. The molecule has 0 bridgehead atoms. The second-order valence-electron chi connectivity index (χ2n) is 7.48. The van der Waals surface area contributed by atoms with E-state index in [9.17, 15) is 13.6 Å². The van der Waals surface area contributed by atoms with Gasteiger partial charge in [-0.25, -0.2) is 13.5 Å². The minimum Gasteiger partial charge on any atom is -0.493 e. The summed E-state index contributed by atoms with van der Waals surface area (Å²) in [5.41, 5.74) is 2.21. The lowest BCUT2D eigenvalue weighted by molar-refractivity contribution is 0.0946. The topological polar surface area (TPSA) is 65.4 Å². The van der Waals surface area contributed by atoms with Crippen LogP contribution in [0.5, 0.6) is 11.5 Å². The third kappa shape index (κ3) is 4.91. The molecule has 4 aromatic rings. The van der Waals surface area contributed by atoms with Crippen molar-refractivity contribution in [3.05, 3.63) is 95.7 Å². The smallest absolute Gasteiger partial charge is 0.270 e. The number of hydrogen-bond acceptors (Lipinski definition) is 4. The SMILES string of the molecule is COc1ccc(CCNC(=O)c2cc(-c3ccccc3F)nn2-c2ccc(F)cc2)cc1OC. The number of hydrogen-bond donors (Lipinski definition) is 1. The Kier molecular flexibility index (Phi) is 6.87. The minimum absolute atomic E-state index is 0.206. The summed E-state index contributed by atoms with van der Waals surface area (Å²) in [7, 11) is 3.13. The highest BCUT2D eigenvalue weighted by molar-refractivity contribution is 5.94. The lowest BCUT2D eigenvalue weighted by Gasteiger charge is -2.11. The molecule has 34 heavy (non-hydrogen) atoms. The van der Waals surface area contributed by atoms with Crippen molar-refractivity contribution >= 4 is 5.91 Å². The average Bonchev–Trinajstić information content (AvgIpc) is 3.30. The van der Waals surface area contributed by atoms with Crippen LogP contribution in [-0.2, 0) is 6.42 Å². The van der Waals surface area contributed by atoms with Crippen LogP contribution >= 0.6 is 0 Å². The number of methoxy groups -OCH3 is 2. The van der Waals surface area contributed by atoms with Gasteiger partial charge in [-0.2, -0.15) is 5.10 Å². The Hall–Kier alpha value is -4.20. The van der Waals surface area contributed by atoms with Crippen LogP contribution in [0.1, 0.15) is 16.1 Å². The van der Waals surface area contributed by atoms with Gasteiger partial charge in [0.1, 0.15) is 17.3 Å². The van der Waals surface area contributed by atoms with Gasteiger partial charge in [0, 0.05) is 12.1 Å². The van der Waals surface area contributed by atoms with E-state index in [2.05, 4.69) is 10.4 Å². The number of aromatic nitrogens is 2. The Labute approximate surface area is 195 Å². The summed E-state index contributed by atoms with van der Waals surface area (Å²) in [5.74, 6) is -0.0212. The van der Waals surface area contributed by atoms with E-state index < -0.39 is 11.6 Å². The number of halogens is 2. The van der Waals surface area contributed by atoms with Gasteiger partial charge in [-0.15, -0.1) is 0 Å². The van der Waals surface area contributed by atoms with Crippen molar-refractivity contribution in [2.24, 2.45) is 0 Å². The van der Waals surface area contributed by atoms with Crippen LogP contribution in [0.4, 0.5) is 8.78 Å². The maximum atomic E-state index is 14.4. The molecule has 0 unspecified atom stereocenters. The normalized spacial score (nSPS) is 10.7. The predicted molar refractivity (Wildman–Crippen MR) is 124 cm³/mol. The molecule has 6 nitrogen and oxygen atoms in total. The Morgan fingerprint density at radius 2 is 1.68 bits per heavy atom. The first-order valence-electron chi connectivity index (χ1n) is 10.6. The molecular weight excluding hydrogens is 440 g/mol. The van der Waals surface area contributed by atoms with Gasteiger partial charge in [-0.3, -0.25) is 4.79 Å². The molecule has 0 atom stereocenters. The highest BCUT2D eigenvalue weighted by atomic mass is 19.1. The van der Waals surface area contributed by atoms with E-state index in [1.54, 1.807) is 38.5 Å². The monoisotopic (exact) mass is 463 g/mol. The van der Waals surface area contributed by atoms with Crippen molar-refractivity contribution in [1.82, 2.24) is 15.1 Å². The van der Waals surface area contributed by atoms with E-state index in [-0.39, 0.29) is 17.2 Å². The highest BCUT2D eigenvalue weighted by Gasteiger charge is 2.19. The molecule has 1 N–H and O–H groups in total. The Morgan fingerprint density at radius 3 is 2.38 bits per heavy atom. The number of amides is 1. The summed E-state index contributed by atoms with van der Waals surface area (Å²) >= 11 is 0. The predicted octanol–water partition coefficient (Wildman–Crippen LogP) is 4.81. The standard InChI is InChI=1S/C26H23F2N3O3/c1-33-24-12-7-17(15-25(24)34-2)13-14-29-26(32)23-16-22(20-5-3-4-6-21(20)28)30-31(23)19-10-8-18(27)9-11-19/h3-12,15-16H,13-14H2,1-2H3,(H,29,32). The number of carbonyl (C=O) groups excluding carboxylic acids is 1. The van der Waals surface area contributed by atoms with Crippen LogP contribution in [0.3, 0.4) is 0 Å². The third-order valence-electron chi connectivity index (χ3n) is 5.31. The maximum Gasteiger partial charge on any atom is 0.270 e. The summed E-state index contributed by atoms with van der Waals surface area (Å²) < 4.78 is 39.7. The molecule has 0 aliphatic rings. The summed E-state index contributed by atoms with van der Waals surface area (Å²) in [6.07, 6.45) is 0.553. The van der Waals surface area contributed by atoms with Crippen LogP contribution in [0.2, 0.25) is 0 Å². The molecule has 174 valence electrons. The number of nitrogens with one attached hydrogen (secondary N) is 1. The van der Waals surface area contributed by atoms with E-state index in [0.29, 0.717) is 35.8 Å². The van der Waals surface area contributed by atoms with Gasteiger partial charge in [-0.05, 0) is 66.6 Å². The minimum atomic E-state index is -0.452. The molecule has 1 amide bonds. The summed E-state index contributed by atoms with van der Waals surface area (Å²) in [6.45, 7) is 0.345. The van der Waals surface area contributed by atoms with Crippen molar-refractivity contribution in [2.75, 3.05) is 20.8 Å². The summed E-state index contributed by atoms with van der Waals surface area (Å²) in [6, 6.07) is 18.8. The van der Waals surface area contributed by atoms with E-state index >= 15 is 0 Å². The van der Waals surface area contributed by atoms with Crippen molar-refractivity contribution in [1.29, 1.82) is 0 Å². The van der Waals surface area contributed by atoms with Crippen molar-refractivity contribution < 1.29 is 23.0 Å². The first-order chi connectivity index (χ1) is 16.5.